The molecule has 0 unspecified atom stereocenters. The molecule has 1 aliphatic heterocycles. The number of hydrogen-bond donors (Lipinski definition) is 1. The number of benzene rings is 1. The van der Waals surface area contributed by atoms with Crippen LogP contribution in [0.4, 0.5) is 0 Å². The van der Waals surface area contributed by atoms with E-state index in [9.17, 15) is 4.79 Å². The number of amides is 1. The van der Waals surface area contributed by atoms with Crippen LogP contribution < -0.4 is 0 Å². The van der Waals surface area contributed by atoms with Gasteiger partial charge in [0.05, 0.1) is 11.1 Å². The van der Waals surface area contributed by atoms with Gasteiger partial charge >= 0.3 is 0 Å². The highest BCUT2D eigenvalue weighted by Crippen LogP contribution is 2.32. The molecule has 0 spiro atoms. The number of fused-ring (bicyclic) bond motifs is 2. The number of nitrogens with zero attached hydrogens (tertiary/aromatic N) is 4. The predicted molar refractivity (Wildman–Crippen MR) is 102 cm³/mol. The Labute approximate surface area is 155 Å². The van der Waals surface area contributed by atoms with Crippen LogP contribution in [0.15, 0.2) is 61.1 Å². The zero-order chi connectivity index (χ0) is 18.2. The molecule has 5 rings (SSSR count). The molecule has 1 N–H and O–H groups in total. The average molecular weight is 355 g/mol. The number of aromatic nitrogens is 4. The van der Waals surface area contributed by atoms with E-state index in [1.807, 2.05) is 47.4 Å². The fourth-order valence-electron chi connectivity index (χ4n) is 3.62. The molecule has 0 saturated heterocycles. The van der Waals surface area contributed by atoms with Crippen molar-refractivity contribution in [1.29, 1.82) is 0 Å². The van der Waals surface area contributed by atoms with Gasteiger partial charge in [0.15, 0.2) is 5.65 Å². The molecule has 1 aromatic carbocycles. The van der Waals surface area contributed by atoms with E-state index >= 15 is 0 Å². The number of aromatic amines is 1. The molecule has 0 radical (unpaired) electrons. The molecular formula is C21H17N5O. The zero-order valence-corrected chi connectivity index (χ0v) is 14.6. The summed E-state index contributed by atoms with van der Waals surface area (Å²) in [5.41, 5.74) is 5.39. The molecule has 1 aliphatic rings. The average Bonchev–Trinajstić information content (AvgIpc) is 3.27. The van der Waals surface area contributed by atoms with Gasteiger partial charge in [-0.25, -0.2) is 9.97 Å². The first kappa shape index (κ1) is 15.7. The Balaban J connectivity index is 1.39. The molecule has 132 valence electrons. The van der Waals surface area contributed by atoms with Crippen LogP contribution in [0.2, 0.25) is 0 Å². The first-order valence-corrected chi connectivity index (χ1v) is 8.91. The second kappa shape index (κ2) is 6.32. The van der Waals surface area contributed by atoms with Gasteiger partial charge in [-0.1, -0.05) is 24.3 Å². The van der Waals surface area contributed by atoms with E-state index in [-0.39, 0.29) is 5.91 Å². The summed E-state index contributed by atoms with van der Waals surface area (Å²) in [7, 11) is 0. The Morgan fingerprint density at radius 2 is 2.00 bits per heavy atom. The normalized spacial score (nSPS) is 13.3. The van der Waals surface area contributed by atoms with Crippen molar-refractivity contribution in [2.45, 2.75) is 13.0 Å². The van der Waals surface area contributed by atoms with Crippen molar-refractivity contribution in [3.05, 3.63) is 78.0 Å². The SMILES string of the molecule is O=C1c2c(cccc2-c2cccnc2)CN1CCc1nc2ncccc2[nH]1. The molecule has 6 heteroatoms. The number of carbonyl (C=O) groups excluding carboxylic acids is 1. The maximum Gasteiger partial charge on any atom is 0.255 e. The lowest BCUT2D eigenvalue weighted by molar-refractivity contribution is 0.0780. The van der Waals surface area contributed by atoms with E-state index in [1.165, 1.54) is 0 Å². The molecule has 0 fully saturated rings. The van der Waals surface area contributed by atoms with Crippen molar-refractivity contribution in [1.82, 2.24) is 24.8 Å². The van der Waals surface area contributed by atoms with Crippen LogP contribution in [0, 0.1) is 0 Å². The van der Waals surface area contributed by atoms with Gasteiger partial charge in [0, 0.05) is 43.7 Å². The molecule has 1 amide bonds. The van der Waals surface area contributed by atoms with E-state index in [0.717, 1.165) is 33.6 Å². The molecule has 4 heterocycles. The Morgan fingerprint density at radius 1 is 1.07 bits per heavy atom. The summed E-state index contributed by atoms with van der Waals surface area (Å²) in [6, 6.07) is 13.7. The number of H-pyrrole nitrogens is 1. The van der Waals surface area contributed by atoms with Gasteiger partial charge in [0.25, 0.3) is 5.91 Å². The fourth-order valence-corrected chi connectivity index (χ4v) is 3.62. The van der Waals surface area contributed by atoms with Gasteiger partial charge in [-0.15, -0.1) is 0 Å². The Bertz CT molecular complexity index is 1100. The van der Waals surface area contributed by atoms with Crippen molar-refractivity contribution < 1.29 is 4.79 Å². The van der Waals surface area contributed by atoms with E-state index in [0.29, 0.717) is 25.2 Å². The zero-order valence-electron chi connectivity index (χ0n) is 14.6. The summed E-state index contributed by atoms with van der Waals surface area (Å²) in [6.45, 7) is 1.24. The predicted octanol–water partition coefficient (Wildman–Crippen LogP) is 3.22. The minimum Gasteiger partial charge on any atom is -0.341 e. The quantitative estimate of drug-likeness (QED) is 0.610. The number of carbonyl (C=O) groups is 1. The van der Waals surface area contributed by atoms with Crippen LogP contribution in [-0.2, 0) is 13.0 Å². The van der Waals surface area contributed by atoms with E-state index in [4.69, 9.17) is 0 Å². The molecular weight excluding hydrogens is 338 g/mol. The lowest BCUT2D eigenvalue weighted by Crippen LogP contribution is -2.26. The minimum atomic E-state index is 0.0682. The van der Waals surface area contributed by atoms with Gasteiger partial charge in [-0.3, -0.25) is 9.78 Å². The third-order valence-electron chi connectivity index (χ3n) is 4.91. The van der Waals surface area contributed by atoms with Crippen LogP contribution in [0.3, 0.4) is 0 Å². The van der Waals surface area contributed by atoms with E-state index in [1.54, 1.807) is 18.6 Å². The molecule has 6 nitrogen and oxygen atoms in total. The molecule has 0 aliphatic carbocycles. The maximum atomic E-state index is 13.0. The maximum absolute atomic E-state index is 13.0. The van der Waals surface area contributed by atoms with Gasteiger partial charge in [0.1, 0.15) is 5.82 Å². The lowest BCUT2D eigenvalue weighted by atomic mass is 9.98. The highest BCUT2D eigenvalue weighted by molar-refractivity contribution is 6.04. The summed E-state index contributed by atoms with van der Waals surface area (Å²) >= 11 is 0. The Kier molecular flexibility index (Phi) is 3.67. The van der Waals surface area contributed by atoms with Crippen molar-refractivity contribution in [3.63, 3.8) is 0 Å². The van der Waals surface area contributed by atoms with Gasteiger partial charge in [0.2, 0.25) is 0 Å². The van der Waals surface area contributed by atoms with Crippen LogP contribution >= 0.6 is 0 Å². The summed E-state index contributed by atoms with van der Waals surface area (Å²) in [4.78, 5) is 31.1. The molecule has 4 aromatic rings. The third kappa shape index (κ3) is 2.75. The van der Waals surface area contributed by atoms with Gasteiger partial charge in [-0.2, -0.15) is 0 Å². The standard InChI is InChI=1S/C21H17N5O/c27-21-19-15(4-1-6-16(19)14-5-2-9-22-12-14)13-26(21)11-8-18-24-17-7-3-10-23-20(17)25-18/h1-7,9-10,12H,8,11,13H2,(H,23,24,25). The largest absolute Gasteiger partial charge is 0.341 e. The van der Waals surface area contributed by atoms with Gasteiger partial charge in [-0.05, 0) is 29.3 Å². The monoisotopic (exact) mass is 355 g/mol. The smallest absolute Gasteiger partial charge is 0.255 e. The van der Waals surface area contributed by atoms with Crippen molar-refractivity contribution in [3.8, 4) is 11.1 Å². The van der Waals surface area contributed by atoms with Crippen molar-refractivity contribution >= 4 is 17.1 Å². The molecule has 0 bridgehead atoms. The van der Waals surface area contributed by atoms with Crippen molar-refractivity contribution in [2.24, 2.45) is 0 Å². The molecule has 0 atom stereocenters. The Hall–Kier alpha value is -3.54. The van der Waals surface area contributed by atoms with E-state index in [2.05, 4.69) is 19.9 Å². The second-order valence-electron chi connectivity index (χ2n) is 6.62. The van der Waals surface area contributed by atoms with Crippen LogP contribution in [0.1, 0.15) is 21.7 Å². The second-order valence-corrected chi connectivity index (χ2v) is 6.62. The first-order chi connectivity index (χ1) is 13.3. The topological polar surface area (TPSA) is 74.8 Å². The summed E-state index contributed by atoms with van der Waals surface area (Å²) in [5.74, 6) is 0.915. The van der Waals surface area contributed by atoms with Crippen molar-refractivity contribution in [2.75, 3.05) is 6.54 Å². The van der Waals surface area contributed by atoms with Gasteiger partial charge < -0.3 is 9.88 Å². The number of hydrogen-bond acceptors (Lipinski definition) is 4. The fraction of sp³-hybridized carbons (Fsp3) is 0.143. The highest BCUT2D eigenvalue weighted by atomic mass is 16.2. The number of imidazole rings is 1. The number of rotatable bonds is 4. The number of pyridine rings is 2. The highest BCUT2D eigenvalue weighted by Gasteiger charge is 2.30. The van der Waals surface area contributed by atoms with Crippen LogP contribution in [-0.4, -0.2) is 37.3 Å². The van der Waals surface area contributed by atoms with Crippen LogP contribution in [0.25, 0.3) is 22.3 Å². The summed E-state index contributed by atoms with van der Waals surface area (Å²) < 4.78 is 0. The first-order valence-electron chi connectivity index (χ1n) is 8.91. The molecule has 27 heavy (non-hydrogen) atoms. The summed E-state index contributed by atoms with van der Waals surface area (Å²) in [5, 5.41) is 0. The minimum absolute atomic E-state index is 0.0682. The lowest BCUT2D eigenvalue weighted by Gasteiger charge is -2.14. The Morgan fingerprint density at radius 3 is 2.85 bits per heavy atom. The molecule has 0 saturated carbocycles. The third-order valence-corrected chi connectivity index (χ3v) is 4.91. The molecule has 3 aromatic heterocycles. The summed E-state index contributed by atoms with van der Waals surface area (Å²) in [6.07, 6.45) is 5.93. The number of nitrogens with one attached hydrogen (secondary N) is 1. The van der Waals surface area contributed by atoms with Crippen LogP contribution in [0.5, 0.6) is 0 Å². The van der Waals surface area contributed by atoms with E-state index < -0.39 is 0 Å².